The Labute approximate surface area is 146 Å². The van der Waals surface area contributed by atoms with Gasteiger partial charge in [-0.05, 0) is 36.6 Å². The van der Waals surface area contributed by atoms with E-state index in [0.717, 1.165) is 6.42 Å². The lowest BCUT2D eigenvalue weighted by Gasteiger charge is -2.11. The van der Waals surface area contributed by atoms with Crippen molar-refractivity contribution in [3.05, 3.63) is 41.2 Å². The van der Waals surface area contributed by atoms with E-state index in [9.17, 15) is 4.79 Å². The molecular formula is C17H21ClN4O2. The largest absolute Gasteiger partial charge is 0.495 e. The maximum absolute atomic E-state index is 12.1. The average Bonchev–Trinajstić information content (AvgIpc) is 2.55. The third-order valence-corrected chi connectivity index (χ3v) is 3.54. The van der Waals surface area contributed by atoms with Gasteiger partial charge in [0, 0.05) is 17.8 Å². The highest BCUT2D eigenvalue weighted by Crippen LogP contribution is 2.29. The number of aromatic nitrogens is 2. The van der Waals surface area contributed by atoms with Crippen LogP contribution < -0.4 is 15.4 Å². The Kier molecular flexibility index (Phi) is 6.37. The molecule has 0 bridgehead atoms. The molecule has 0 radical (unpaired) electrons. The first-order valence-electron chi connectivity index (χ1n) is 7.71. The van der Waals surface area contributed by atoms with Crippen molar-refractivity contribution in [2.75, 3.05) is 19.0 Å². The Morgan fingerprint density at radius 3 is 2.83 bits per heavy atom. The smallest absolute Gasteiger partial charge is 0.270 e. The van der Waals surface area contributed by atoms with E-state index in [4.69, 9.17) is 16.3 Å². The number of nitrogens with one attached hydrogen (secondary N) is 2. The molecule has 0 aliphatic heterocycles. The molecule has 0 atom stereocenters. The molecule has 2 aromatic rings. The van der Waals surface area contributed by atoms with Crippen LogP contribution >= 0.6 is 11.6 Å². The molecule has 2 N–H and O–H groups in total. The van der Waals surface area contributed by atoms with E-state index < -0.39 is 0 Å². The summed E-state index contributed by atoms with van der Waals surface area (Å²) in [7, 11) is 1.56. The summed E-state index contributed by atoms with van der Waals surface area (Å²) >= 11 is 6.00. The Hall–Kier alpha value is -2.34. The average molecular weight is 349 g/mol. The zero-order valence-electron chi connectivity index (χ0n) is 14.0. The van der Waals surface area contributed by atoms with Crippen LogP contribution in [0.25, 0.3) is 0 Å². The molecule has 2 rings (SSSR count). The molecule has 0 spiro atoms. The minimum absolute atomic E-state index is 0.223. The van der Waals surface area contributed by atoms with Gasteiger partial charge in [-0.3, -0.25) is 4.79 Å². The maximum atomic E-state index is 12.1. The summed E-state index contributed by atoms with van der Waals surface area (Å²) in [6, 6.07) is 6.75. The second kappa shape index (κ2) is 8.49. The van der Waals surface area contributed by atoms with Gasteiger partial charge in [0.1, 0.15) is 11.4 Å². The number of methoxy groups -OCH3 is 1. The number of nitrogens with zero attached hydrogens (tertiary/aromatic N) is 2. The fourth-order valence-corrected chi connectivity index (χ4v) is 2.18. The summed E-state index contributed by atoms with van der Waals surface area (Å²) in [5.74, 6) is 1.21. The third-order valence-electron chi connectivity index (χ3n) is 3.30. The van der Waals surface area contributed by atoms with E-state index in [1.165, 1.54) is 6.20 Å². The van der Waals surface area contributed by atoms with Crippen molar-refractivity contribution >= 4 is 29.1 Å². The van der Waals surface area contributed by atoms with Crippen LogP contribution in [0.4, 0.5) is 11.6 Å². The Morgan fingerprint density at radius 1 is 1.33 bits per heavy atom. The number of benzene rings is 1. The monoisotopic (exact) mass is 348 g/mol. The lowest BCUT2D eigenvalue weighted by molar-refractivity contribution is 0.0947. The highest BCUT2D eigenvalue weighted by Gasteiger charge is 2.10. The summed E-state index contributed by atoms with van der Waals surface area (Å²) < 4.78 is 5.27. The van der Waals surface area contributed by atoms with Crippen LogP contribution in [-0.2, 0) is 0 Å². The molecule has 1 aromatic carbocycles. The van der Waals surface area contributed by atoms with Gasteiger partial charge in [0.05, 0.1) is 12.8 Å². The molecule has 24 heavy (non-hydrogen) atoms. The fourth-order valence-electron chi connectivity index (χ4n) is 2.01. The molecule has 0 aliphatic carbocycles. The summed E-state index contributed by atoms with van der Waals surface area (Å²) in [6.07, 6.45) is 2.45. The van der Waals surface area contributed by atoms with Crippen LogP contribution in [0.2, 0.25) is 5.02 Å². The molecule has 6 nitrogen and oxygen atoms in total. The van der Waals surface area contributed by atoms with E-state index >= 15 is 0 Å². The van der Waals surface area contributed by atoms with E-state index in [2.05, 4.69) is 34.4 Å². The second-order valence-corrected chi connectivity index (χ2v) is 6.11. The minimum Gasteiger partial charge on any atom is -0.495 e. The molecule has 0 aliphatic rings. The van der Waals surface area contributed by atoms with Crippen molar-refractivity contribution < 1.29 is 9.53 Å². The third kappa shape index (κ3) is 5.09. The van der Waals surface area contributed by atoms with Gasteiger partial charge in [-0.25, -0.2) is 9.97 Å². The summed E-state index contributed by atoms with van der Waals surface area (Å²) in [6.45, 7) is 4.83. The van der Waals surface area contributed by atoms with Crippen LogP contribution in [0.1, 0.15) is 30.8 Å². The van der Waals surface area contributed by atoms with Crippen LogP contribution in [0.5, 0.6) is 5.75 Å². The molecule has 0 fully saturated rings. The van der Waals surface area contributed by atoms with Crippen molar-refractivity contribution in [2.45, 2.75) is 20.3 Å². The summed E-state index contributed by atoms with van der Waals surface area (Å²) in [5, 5.41) is 6.43. The van der Waals surface area contributed by atoms with Crippen LogP contribution in [-0.4, -0.2) is 29.5 Å². The maximum Gasteiger partial charge on any atom is 0.270 e. The standard InChI is InChI=1S/C17H21ClN4O2/c1-11(2)6-8-19-16(23)13-7-9-20-17(21-13)22-14-10-12(18)4-5-15(14)24-3/h4-5,7,9-11H,6,8H2,1-3H3,(H,19,23)(H,20,21,22). The number of rotatable bonds is 7. The van der Waals surface area contributed by atoms with Crippen molar-refractivity contribution in [1.29, 1.82) is 0 Å². The lowest BCUT2D eigenvalue weighted by Crippen LogP contribution is -2.26. The molecular weight excluding hydrogens is 328 g/mol. The molecule has 128 valence electrons. The van der Waals surface area contributed by atoms with Crippen molar-refractivity contribution in [2.24, 2.45) is 5.92 Å². The Morgan fingerprint density at radius 2 is 2.12 bits per heavy atom. The number of hydrogen-bond donors (Lipinski definition) is 2. The molecule has 0 saturated heterocycles. The molecule has 1 amide bonds. The number of carbonyl (C=O) groups is 1. The topological polar surface area (TPSA) is 76.1 Å². The first-order chi connectivity index (χ1) is 11.5. The second-order valence-electron chi connectivity index (χ2n) is 5.67. The van der Waals surface area contributed by atoms with Gasteiger partial charge in [-0.15, -0.1) is 0 Å². The van der Waals surface area contributed by atoms with E-state index in [1.807, 2.05) is 0 Å². The van der Waals surface area contributed by atoms with Crippen LogP contribution in [0.15, 0.2) is 30.5 Å². The normalized spacial score (nSPS) is 10.5. The summed E-state index contributed by atoms with van der Waals surface area (Å²) in [5.41, 5.74) is 0.930. The van der Waals surface area contributed by atoms with Crippen molar-refractivity contribution in [1.82, 2.24) is 15.3 Å². The van der Waals surface area contributed by atoms with E-state index in [1.54, 1.807) is 31.4 Å². The van der Waals surface area contributed by atoms with Crippen molar-refractivity contribution in [3.63, 3.8) is 0 Å². The van der Waals surface area contributed by atoms with Crippen LogP contribution in [0, 0.1) is 5.92 Å². The first kappa shape index (κ1) is 18.0. The van der Waals surface area contributed by atoms with Gasteiger partial charge >= 0.3 is 0 Å². The zero-order chi connectivity index (χ0) is 17.5. The predicted molar refractivity (Wildman–Crippen MR) is 95.1 cm³/mol. The first-order valence-corrected chi connectivity index (χ1v) is 8.09. The molecule has 1 aromatic heterocycles. The fraction of sp³-hybridized carbons (Fsp3) is 0.353. The quantitative estimate of drug-likeness (QED) is 0.798. The Bertz CT molecular complexity index is 707. The van der Waals surface area contributed by atoms with Gasteiger partial charge < -0.3 is 15.4 Å². The number of ether oxygens (including phenoxy) is 1. The highest BCUT2D eigenvalue weighted by molar-refractivity contribution is 6.31. The number of anilines is 2. The predicted octanol–water partition coefficient (Wildman–Crippen LogP) is 3.66. The van der Waals surface area contributed by atoms with Crippen molar-refractivity contribution in [3.8, 4) is 5.75 Å². The van der Waals surface area contributed by atoms with Gasteiger partial charge in [0.2, 0.25) is 5.95 Å². The van der Waals surface area contributed by atoms with Crippen LogP contribution in [0.3, 0.4) is 0 Å². The van der Waals surface area contributed by atoms with Gasteiger partial charge in [0.25, 0.3) is 5.91 Å². The molecule has 0 unspecified atom stereocenters. The van der Waals surface area contributed by atoms with Gasteiger partial charge in [-0.1, -0.05) is 25.4 Å². The van der Waals surface area contributed by atoms with Gasteiger partial charge in [-0.2, -0.15) is 0 Å². The molecule has 7 heteroatoms. The summed E-state index contributed by atoms with van der Waals surface area (Å²) in [4.78, 5) is 20.5. The van der Waals surface area contributed by atoms with Gasteiger partial charge in [0.15, 0.2) is 0 Å². The number of amides is 1. The van der Waals surface area contributed by atoms with E-state index in [-0.39, 0.29) is 5.91 Å². The molecule has 1 heterocycles. The van der Waals surface area contributed by atoms with E-state index in [0.29, 0.717) is 40.6 Å². The number of halogens is 1. The zero-order valence-corrected chi connectivity index (χ0v) is 14.7. The highest BCUT2D eigenvalue weighted by atomic mass is 35.5. The SMILES string of the molecule is COc1ccc(Cl)cc1Nc1nccc(C(=O)NCCC(C)C)n1. The minimum atomic E-state index is -0.223. The number of carbonyl (C=O) groups excluding carboxylic acids is 1. The Balaban J connectivity index is 2.10. The number of hydrogen-bond acceptors (Lipinski definition) is 5. The molecule has 0 saturated carbocycles. The lowest BCUT2D eigenvalue weighted by atomic mass is 10.1.